The largest absolute Gasteiger partial charge is 0.347 e. The van der Waals surface area contributed by atoms with Crippen LogP contribution in [0.5, 0.6) is 0 Å². The smallest absolute Gasteiger partial charge is 0.261 e. The van der Waals surface area contributed by atoms with E-state index in [0.29, 0.717) is 0 Å². The summed E-state index contributed by atoms with van der Waals surface area (Å²) in [5, 5.41) is 3.15. The first-order valence-corrected chi connectivity index (χ1v) is 7.89. The van der Waals surface area contributed by atoms with Gasteiger partial charge in [-0.2, -0.15) is 0 Å². The predicted molar refractivity (Wildman–Crippen MR) is 80.2 cm³/mol. The van der Waals surface area contributed by atoms with Crippen LogP contribution in [0.1, 0.15) is 39.3 Å². The Morgan fingerprint density at radius 2 is 2.45 bits per heavy atom. The lowest BCUT2D eigenvalue weighted by Crippen LogP contribution is -2.40. The van der Waals surface area contributed by atoms with E-state index >= 15 is 0 Å². The maximum atomic E-state index is 12.3. The molecular weight excluding hydrogens is 270 g/mol. The lowest BCUT2D eigenvalue weighted by Gasteiger charge is -2.24. The van der Waals surface area contributed by atoms with Crippen molar-refractivity contribution in [3.8, 4) is 0 Å². The molecule has 0 saturated carbocycles. The number of hydrogen-bond acceptors (Lipinski definition) is 3. The molecule has 4 nitrogen and oxygen atoms in total. The zero-order valence-electron chi connectivity index (χ0n) is 11.8. The zero-order valence-corrected chi connectivity index (χ0v) is 12.7. The first-order valence-electron chi connectivity index (χ1n) is 7.07. The Morgan fingerprint density at radius 3 is 3.20 bits per heavy atom. The number of aryl methyl sites for hydroxylation is 3. The number of carbonyl (C=O) groups is 1. The quantitative estimate of drug-likeness (QED) is 0.944. The van der Waals surface area contributed by atoms with Crippen LogP contribution >= 0.6 is 11.3 Å². The van der Waals surface area contributed by atoms with Gasteiger partial charge in [0.25, 0.3) is 5.91 Å². The van der Waals surface area contributed by atoms with Gasteiger partial charge in [-0.05, 0) is 31.4 Å². The van der Waals surface area contributed by atoms with Crippen LogP contribution in [0.25, 0.3) is 0 Å². The average molecular weight is 289 g/mol. The third-order valence-electron chi connectivity index (χ3n) is 3.84. The molecular formula is C15H19N3OS. The SMILES string of the molecule is CCc1sc(C(=O)N[C@@H]2CCc3nccn3C2)cc1C. The lowest BCUT2D eigenvalue weighted by molar-refractivity contribution is 0.0931. The number of nitrogens with zero attached hydrogens (tertiary/aromatic N) is 2. The molecule has 0 radical (unpaired) electrons. The molecule has 0 aliphatic carbocycles. The van der Waals surface area contributed by atoms with Gasteiger partial charge >= 0.3 is 0 Å². The minimum absolute atomic E-state index is 0.0614. The number of thiophene rings is 1. The second-order valence-electron chi connectivity index (χ2n) is 5.28. The number of amides is 1. The summed E-state index contributed by atoms with van der Waals surface area (Å²) in [4.78, 5) is 18.8. The highest BCUT2D eigenvalue weighted by Crippen LogP contribution is 2.23. The fourth-order valence-electron chi connectivity index (χ4n) is 2.72. The van der Waals surface area contributed by atoms with Crippen molar-refractivity contribution in [3.63, 3.8) is 0 Å². The van der Waals surface area contributed by atoms with Gasteiger partial charge in [-0.3, -0.25) is 4.79 Å². The average Bonchev–Trinajstić information content (AvgIpc) is 3.04. The molecule has 3 rings (SSSR count). The Kier molecular flexibility index (Phi) is 3.61. The van der Waals surface area contributed by atoms with Gasteiger partial charge in [0.15, 0.2) is 0 Å². The van der Waals surface area contributed by atoms with E-state index in [1.807, 2.05) is 18.5 Å². The maximum absolute atomic E-state index is 12.3. The van der Waals surface area contributed by atoms with E-state index in [0.717, 1.165) is 36.5 Å². The standard InChI is InChI=1S/C15H19N3OS/c1-3-12-10(2)8-13(20-12)15(19)17-11-4-5-14-16-6-7-18(14)9-11/h6-8,11H,3-5,9H2,1-2H3,(H,17,19)/t11-/m1/s1. The number of hydrogen-bond donors (Lipinski definition) is 1. The normalized spacial score (nSPS) is 17.8. The molecule has 0 bridgehead atoms. The van der Waals surface area contributed by atoms with Crippen molar-refractivity contribution < 1.29 is 4.79 Å². The summed E-state index contributed by atoms with van der Waals surface area (Å²) >= 11 is 1.61. The van der Waals surface area contributed by atoms with Crippen LogP contribution in [-0.4, -0.2) is 21.5 Å². The van der Waals surface area contributed by atoms with Gasteiger partial charge in [0.1, 0.15) is 5.82 Å². The Morgan fingerprint density at radius 1 is 1.60 bits per heavy atom. The van der Waals surface area contributed by atoms with Crippen LogP contribution in [0.4, 0.5) is 0 Å². The second kappa shape index (κ2) is 5.40. The van der Waals surface area contributed by atoms with E-state index in [9.17, 15) is 4.79 Å². The molecule has 1 N–H and O–H groups in total. The minimum atomic E-state index is 0.0614. The predicted octanol–water partition coefficient (Wildman–Crippen LogP) is 2.56. The van der Waals surface area contributed by atoms with Gasteiger partial charge in [0.05, 0.1) is 4.88 Å². The maximum Gasteiger partial charge on any atom is 0.261 e. The molecule has 20 heavy (non-hydrogen) atoms. The van der Waals surface area contributed by atoms with Crippen LogP contribution in [0.2, 0.25) is 0 Å². The lowest BCUT2D eigenvalue weighted by atomic mass is 10.1. The zero-order chi connectivity index (χ0) is 14.1. The fourth-order valence-corrected chi connectivity index (χ4v) is 3.74. The molecule has 3 heterocycles. The van der Waals surface area contributed by atoms with Crippen molar-refractivity contribution in [1.29, 1.82) is 0 Å². The molecule has 1 amide bonds. The van der Waals surface area contributed by atoms with Crippen molar-refractivity contribution in [2.75, 3.05) is 0 Å². The molecule has 0 spiro atoms. The highest BCUT2D eigenvalue weighted by atomic mass is 32.1. The Hall–Kier alpha value is -1.62. The molecule has 0 aromatic carbocycles. The van der Waals surface area contributed by atoms with Gasteiger partial charge in [-0.25, -0.2) is 4.98 Å². The van der Waals surface area contributed by atoms with Crippen molar-refractivity contribution in [3.05, 3.63) is 39.6 Å². The molecule has 5 heteroatoms. The summed E-state index contributed by atoms with van der Waals surface area (Å²) in [6, 6.07) is 2.21. The van der Waals surface area contributed by atoms with Crippen molar-refractivity contribution in [2.24, 2.45) is 0 Å². The van der Waals surface area contributed by atoms with Crippen molar-refractivity contribution in [2.45, 2.75) is 45.7 Å². The molecule has 2 aromatic rings. The number of rotatable bonds is 3. The van der Waals surface area contributed by atoms with Gasteiger partial charge in [0, 0.05) is 36.3 Å². The minimum Gasteiger partial charge on any atom is -0.347 e. The number of carbonyl (C=O) groups excluding carboxylic acids is 1. The van der Waals surface area contributed by atoms with E-state index < -0.39 is 0 Å². The number of nitrogens with one attached hydrogen (secondary N) is 1. The van der Waals surface area contributed by atoms with Crippen LogP contribution in [-0.2, 0) is 19.4 Å². The molecule has 106 valence electrons. The van der Waals surface area contributed by atoms with Crippen LogP contribution in [0, 0.1) is 6.92 Å². The molecule has 1 aliphatic rings. The van der Waals surface area contributed by atoms with Crippen LogP contribution < -0.4 is 5.32 Å². The summed E-state index contributed by atoms with van der Waals surface area (Å²) in [6.45, 7) is 5.03. The molecule has 0 unspecified atom stereocenters. The van der Waals surface area contributed by atoms with Crippen LogP contribution in [0.3, 0.4) is 0 Å². The van der Waals surface area contributed by atoms with Gasteiger partial charge < -0.3 is 9.88 Å². The van der Waals surface area contributed by atoms with E-state index in [1.54, 1.807) is 11.3 Å². The second-order valence-corrected chi connectivity index (χ2v) is 6.41. The van der Waals surface area contributed by atoms with Crippen LogP contribution in [0.15, 0.2) is 18.5 Å². The summed E-state index contributed by atoms with van der Waals surface area (Å²) in [5.41, 5.74) is 1.23. The third kappa shape index (κ3) is 2.50. The first kappa shape index (κ1) is 13.4. The molecule has 0 saturated heterocycles. The number of aromatic nitrogens is 2. The first-order chi connectivity index (χ1) is 9.67. The highest BCUT2D eigenvalue weighted by Gasteiger charge is 2.21. The topological polar surface area (TPSA) is 46.9 Å². The summed E-state index contributed by atoms with van der Waals surface area (Å²) in [5.74, 6) is 1.18. The number of imidazole rings is 1. The van der Waals surface area contributed by atoms with E-state index in [-0.39, 0.29) is 11.9 Å². The fraction of sp³-hybridized carbons (Fsp3) is 0.467. The summed E-state index contributed by atoms with van der Waals surface area (Å²) in [7, 11) is 0. The van der Waals surface area contributed by atoms with Crippen molar-refractivity contribution in [1.82, 2.24) is 14.9 Å². The highest BCUT2D eigenvalue weighted by molar-refractivity contribution is 7.14. The summed E-state index contributed by atoms with van der Waals surface area (Å²) < 4.78 is 2.13. The molecule has 2 aromatic heterocycles. The molecule has 0 fully saturated rings. The number of fused-ring (bicyclic) bond motifs is 1. The monoisotopic (exact) mass is 289 g/mol. The van der Waals surface area contributed by atoms with E-state index in [4.69, 9.17) is 0 Å². The van der Waals surface area contributed by atoms with E-state index in [2.05, 4.69) is 28.7 Å². The Balaban J connectivity index is 1.67. The van der Waals surface area contributed by atoms with Gasteiger partial charge in [-0.15, -0.1) is 11.3 Å². The van der Waals surface area contributed by atoms with Gasteiger partial charge in [-0.1, -0.05) is 6.92 Å². The van der Waals surface area contributed by atoms with Crippen molar-refractivity contribution >= 4 is 17.2 Å². The Labute approximate surface area is 122 Å². The summed E-state index contributed by atoms with van der Waals surface area (Å²) in [6.07, 6.45) is 6.70. The molecule has 1 aliphatic heterocycles. The van der Waals surface area contributed by atoms with Gasteiger partial charge in [0.2, 0.25) is 0 Å². The third-order valence-corrected chi connectivity index (χ3v) is 5.22. The molecule has 1 atom stereocenters. The van der Waals surface area contributed by atoms with E-state index in [1.165, 1.54) is 10.4 Å². The Bertz CT molecular complexity index is 629.